The highest BCUT2D eigenvalue weighted by atomic mass is 16.2. The molecule has 1 aliphatic heterocycles. The summed E-state index contributed by atoms with van der Waals surface area (Å²) in [5, 5.41) is 3.45. The Balaban J connectivity index is 2.08. The van der Waals surface area contributed by atoms with Crippen molar-refractivity contribution in [1.82, 2.24) is 9.88 Å². The number of rotatable bonds is 1. The van der Waals surface area contributed by atoms with Crippen LogP contribution in [0, 0.1) is 0 Å². The number of carbonyl (C=O) groups is 2. The van der Waals surface area contributed by atoms with Gasteiger partial charge in [0.05, 0.1) is 11.4 Å². The Kier molecular flexibility index (Phi) is 2.55. The van der Waals surface area contributed by atoms with E-state index in [-0.39, 0.29) is 17.7 Å². The van der Waals surface area contributed by atoms with E-state index in [2.05, 4.69) is 5.32 Å². The first-order chi connectivity index (χ1) is 9.06. The summed E-state index contributed by atoms with van der Waals surface area (Å²) in [6.45, 7) is 0. The van der Waals surface area contributed by atoms with E-state index >= 15 is 0 Å². The van der Waals surface area contributed by atoms with Crippen molar-refractivity contribution in [3.8, 4) is 0 Å². The van der Waals surface area contributed by atoms with Crippen LogP contribution in [0.1, 0.15) is 24.5 Å². The first-order valence-corrected chi connectivity index (χ1v) is 6.25. The Morgan fingerprint density at radius 3 is 2.84 bits per heavy atom. The van der Waals surface area contributed by atoms with Crippen molar-refractivity contribution in [3.05, 3.63) is 30.0 Å². The molecule has 19 heavy (non-hydrogen) atoms. The predicted molar refractivity (Wildman–Crippen MR) is 72.5 cm³/mol. The molecule has 98 valence electrons. The number of amides is 2. The monoisotopic (exact) mass is 257 g/mol. The van der Waals surface area contributed by atoms with Crippen LogP contribution in [0.15, 0.2) is 24.3 Å². The fourth-order valence-electron chi connectivity index (χ4n) is 2.68. The number of hydrogen-bond acceptors (Lipinski definition) is 3. The first kappa shape index (κ1) is 11.8. The maximum atomic E-state index is 11.9. The van der Waals surface area contributed by atoms with E-state index in [0.717, 1.165) is 16.6 Å². The second-order valence-corrected chi connectivity index (χ2v) is 4.95. The van der Waals surface area contributed by atoms with Gasteiger partial charge in [-0.25, -0.2) is 0 Å². The number of aryl methyl sites for hydroxylation is 1. The van der Waals surface area contributed by atoms with Crippen LogP contribution in [0.25, 0.3) is 10.9 Å². The zero-order valence-corrected chi connectivity index (χ0v) is 10.6. The number of anilines is 1. The van der Waals surface area contributed by atoms with Crippen LogP contribution >= 0.6 is 0 Å². The fraction of sp³-hybridized carbons (Fsp3) is 0.286. The molecular weight excluding hydrogens is 242 g/mol. The van der Waals surface area contributed by atoms with E-state index in [1.807, 2.05) is 35.9 Å². The Morgan fingerprint density at radius 1 is 1.32 bits per heavy atom. The second kappa shape index (κ2) is 4.12. The van der Waals surface area contributed by atoms with Gasteiger partial charge in [0.1, 0.15) is 0 Å². The number of hydrogen-bond donors (Lipinski definition) is 2. The molecule has 1 aromatic heterocycles. The van der Waals surface area contributed by atoms with E-state index < -0.39 is 0 Å². The number of benzene rings is 1. The smallest absolute Gasteiger partial charge is 0.235 e. The third-order valence-electron chi connectivity index (χ3n) is 3.70. The van der Waals surface area contributed by atoms with Gasteiger partial charge in [0.2, 0.25) is 11.8 Å². The Hall–Kier alpha value is -2.30. The van der Waals surface area contributed by atoms with Crippen molar-refractivity contribution in [2.24, 2.45) is 7.05 Å². The lowest BCUT2D eigenvalue weighted by Gasteiger charge is -2.21. The van der Waals surface area contributed by atoms with Gasteiger partial charge in [0.15, 0.2) is 0 Å². The van der Waals surface area contributed by atoms with Crippen molar-refractivity contribution in [2.75, 3.05) is 5.73 Å². The zero-order chi connectivity index (χ0) is 13.6. The summed E-state index contributed by atoms with van der Waals surface area (Å²) in [4.78, 5) is 23.1. The number of fused-ring (bicyclic) bond motifs is 1. The molecule has 0 bridgehead atoms. The van der Waals surface area contributed by atoms with Crippen molar-refractivity contribution in [3.63, 3.8) is 0 Å². The minimum atomic E-state index is -0.267. The lowest BCUT2D eigenvalue weighted by atomic mass is 9.94. The minimum Gasteiger partial charge on any atom is -0.399 e. The van der Waals surface area contributed by atoms with Gasteiger partial charge in [-0.3, -0.25) is 14.9 Å². The van der Waals surface area contributed by atoms with Gasteiger partial charge in [-0.2, -0.15) is 0 Å². The second-order valence-electron chi connectivity index (χ2n) is 4.95. The molecule has 0 spiro atoms. The molecule has 1 aromatic carbocycles. The average molecular weight is 257 g/mol. The van der Waals surface area contributed by atoms with Crippen LogP contribution in [-0.4, -0.2) is 16.4 Å². The number of nitrogens with two attached hydrogens (primary N) is 1. The Bertz CT molecular complexity index is 687. The lowest BCUT2D eigenvalue weighted by molar-refractivity contribution is -0.134. The molecule has 0 saturated carbocycles. The molecular formula is C14H15N3O2. The summed E-state index contributed by atoms with van der Waals surface area (Å²) in [5.74, 6) is -0.671. The summed E-state index contributed by atoms with van der Waals surface area (Å²) < 4.78 is 1.98. The normalized spacial score (nSPS) is 19.7. The van der Waals surface area contributed by atoms with E-state index in [0.29, 0.717) is 18.5 Å². The highest BCUT2D eigenvalue weighted by Crippen LogP contribution is 2.30. The highest BCUT2D eigenvalue weighted by molar-refractivity contribution is 6.01. The summed E-state index contributed by atoms with van der Waals surface area (Å²) in [7, 11) is 1.92. The summed E-state index contributed by atoms with van der Waals surface area (Å²) in [6.07, 6.45) is 0.949. The fourth-order valence-corrected chi connectivity index (χ4v) is 2.68. The molecule has 1 unspecified atom stereocenters. The van der Waals surface area contributed by atoms with Crippen LogP contribution in [0.5, 0.6) is 0 Å². The molecule has 3 rings (SSSR count). The number of aromatic nitrogens is 1. The Morgan fingerprint density at radius 2 is 2.11 bits per heavy atom. The molecule has 5 heteroatoms. The molecule has 1 atom stereocenters. The topological polar surface area (TPSA) is 77.1 Å². The third-order valence-corrected chi connectivity index (χ3v) is 3.70. The quantitative estimate of drug-likeness (QED) is 0.597. The molecule has 2 heterocycles. The highest BCUT2D eigenvalue weighted by Gasteiger charge is 2.30. The van der Waals surface area contributed by atoms with Gasteiger partial charge in [-0.1, -0.05) is 6.07 Å². The van der Waals surface area contributed by atoms with Gasteiger partial charge in [0.25, 0.3) is 0 Å². The standard InChI is InChI=1S/C14H15N3O2/c1-17-11-7-9(15)3-2-8(11)6-12(17)10-4-5-13(18)16-14(10)19/h2-3,6-7,10H,4-5,15H2,1H3,(H,16,18,19). The summed E-state index contributed by atoms with van der Waals surface area (Å²) in [6, 6.07) is 7.68. The number of carbonyl (C=O) groups excluding carboxylic acids is 2. The van der Waals surface area contributed by atoms with E-state index in [9.17, 15) is 9.59 Å². The number of nitrogens with zero attached hydrogens (tertiary/aromatic N) is 1. The third kappa shape index (κ3) is 1.87. The molecule has 3 N–H and O–H groups in total. The van der Waals surface area contributed by atoms with Gasteiger partial charge in [-0.05, 0) is 24.6 Å². The van der Waals surface area contributed by atoms with E-state index in [1.165, 1.54) is 0 Å². The van der Waals surface area contributed by atoms with Crippen LogP contribution in [0.4, 0.5) is 5.69 Å². The number of nitrogens with one attached hydrogen (secondary N) is 1. The van der Waals surface area contributed by atoms with Crippen LogP contribution in [0.2, 0.25) is 0 Å². The van der Waals surface area contributed by atoms with Gasteiger partial charge >= 0.3 is 0 Å². The molecule has 2 aromatic rings. The van der Waals surface area contributed by atoms with Gasteiger partial charge in [0, 0.05) is 30.2 Å². The van der Waals surface area contributed by atoms with Crippen LogP contribution < -0.4 is 11.1 Å². The molecule has 2 amide bonds. The van der Waals surface area contributed by atoms with Gasteiger partial charge in [-0.15, -0.1) is 0 Å². The number of imide groups is 1. The van der Waals surface area contributed by atoms with Crippen molar-refractivity contribution in [2.45, 2.75) is 18.8 Å². The largest absolute Gasteiger partial charge is 0.399 e. The predicted octanol–water partition coefficient (Wildman–Crippen LogP) is 1.28. The maximum Gasteiger partial charge on any atom is 0.235 e. The van der Waals surface area contributed by atoms with Crippen LogP contribution in [0.3, 0.4) is 0 Å². The number of nitrogen functional groups attached to an aromatic ring is 1. The van der Waals surface area contributed by atoms with E-state index in [4.69, 9.17) is 5.73 Å². The molecule has 1 aliphatic rings. The molecule has 1 saturated heterocycles. The SMILES string of the molecule is Cn1c(C2CCC(=O)NC2=O)cc2ccc(N)cc21. The number of piperidine rings is 1. The van der Waals surface area contributed by atoms with Crippen molar-refractivity contribution >= 4 is 28.4 Å². The first-order valence-electron chi connectivity index (χ1n) is 6.25. The zero-order valence-electron chi connectivity index (χ0n) is 10.6. The lowest BCUT2D eigenvalue weighted by Crippen LogP contribution is -2.40. The molecule has 0 radical (unpaired) electrons. The van der Waals surface area contributed by atoms with Crippen LogP contribution in [-0.2, 0) is 16.6 Å². The maximum absolute atomic E-state index is 11.9. The Labute approximate surface area is 110 Å². The average Bonchev–Trinajstić information content (AvgIpc) is 2.67. The van der Waals surface area contributed by atoms with Crippen molar-refractivity contribution < 1.29 is 9.59 Å². The molecule has 1 fully saturated rings. The van der Waals surface area contributed by atoms with Crippen molar-refractivity contribution in [1.29, 1.82) is 0 Å². The minimum absolute atomic E-state index is 0.191. The van der Waals surface area contributed by atoms with E-state index in [1.54, 1.807) is 0 Å². The van der Waals surface area contributed by atoms with Gasteiger partial charge < -0.3 is 10.3 Å². The summed E-state index contributed by atoms with van der Waals surface area (Å²) in [5.41, 5.74) is 8.41. The molecule has 0 aliphatic carbocycles. The summed E-state index contributed by atoms with van der Waals surface area (Å²) >= 11 is 0. The molecule has 5 nitrogen and oxygen atoms in total.